The molecule has 5 nitrogen and oxygen atoms in total. The van der Waals surface area contributed by atoms with Gasteiger partial charge in [0.1, 0.15) is 6.54 Å². The summed E-state index contributed by atoms with van der Waals surface area (Å²) in [5.41, 5.74) is 3.33. The first kappa shape index (κ1) is 22.7. The Hall–Kier alpha value is -3.06. The van der Waals surface area contributed by atoms with Crippen LogP contribution in [-0.4, -0.2) is 20.9 Å². The zero-order chi connectivity index (χ0) is 23.9. The molecular weight excluding hydrogens is 491 g/mol. The first-order valence-electron chi connectivity index (χ1n) is 10.7. The molecule has 0 bridgehead atoms. The van der Waals surface area contributed by atoms with E-state index in [-0.39, 0.29) is 15.6 Å². The van der Waals surface area contributed by atoms with Crippen LogP contribution in [0.4, 0.5) is 11.4 Å². The Morgan fingerprint density at radius 2 is 1.62 bits per heavy atom. The van der Waals surface area contributed by atoms with Gasteiger partial charge < -0.3 is 5.32 Å². The summed E-state index contributed by atoms with van der Waals surface area (Å²) in [6, 6.07) is 22.4. The van der Waals surface area contributed by atoms with E-state index in [0.717, 1.165) is 27.9 Å². The van der Waals surface area contributed by atoms with Gasteiger partial charge in [-0.05, 0) is 65.8 Å². The maximum Gasteiger partial charge on any atom is 0.264 e. The molecule has 4 aromatic rings. The van der Waals surface area contributed by atoms with Crippen molar-refractivity contribution in [3.8, 4) is 0 Å². The van der Waals surface area contributed by atoms with E-state index in [0.29, 0.717) is 10.7 Å². The van der Waals surface area contributed by atoms with Crippen LogP contribution >= 0.6 is 23.2 Å². The number of nitrogens with zero attached hydrogens (tertiary/aromatic N) is 1. The molecular formula is C26H20Cl2N2O3S. The van der Waals surface area contributed by atoms with Crippen molar-refractivity contribution in [2.45, 2.75) is 17.7 Å². The Balaban J connectivity index is 1.51. The SMILES string of the molecule is O=C(CN(c1ccc(Cl)cc1Cl)S(=O)(=O)c1ccccc1)Nc1ccc2c3c(cccc13)CC2. The number of amides is 1. The van der Waals surface area contributed by atoms with Crippen LogP contribution in [0.25, 0.3) is 10.8 Å². The zero-order valence-corrected chi connectivity index (χ0v) is 20.3. The Morgan fingerprint density at radius 1 is 0.882 bits per heavy atom. The molecule has 1 N–H and O–H groups in total. The van der Waals surface area contributed by atoms with E-state index in [1.807, 2.05) is 24.3 Å². The van der Waals surface area contributed by atoms with Gasteiger partial charge in [0, 0.05) is 16.1 Å². The maximum absolute atomic E-state index is 13.5. The van der Waals surface area contributed by atoms with Crippen LogP contribution in [0.15, 0.2) is 83.8 Å². The lowest BCUT2D eigenvalue weighted by molar-refractivity contribution is -0.114. The fourth-order valence-electron chi connectivity index (χ4n) is 4.38. The van der Waals surface area contributed by atoms with Gasteiger partial charge in [-0.1, -0.05) is 65.7 Å². The predicted molar refractivity (Wildman–Crippen MR) is 137 cm³/mol. The molecule has 0 saturated carbocycles. The molecule has 34 heavy (non-hydrogen) atoms. The number of halogens is 2. The predicted octanol–water partition coefficient (Wildman–Crippen LogP) is 6.08. The van der Waals surface area contributed by atoms with E-state index in [2.05, 4.69) is 11.4 Å². The first-order chi connectivity index (χ1) is 16.3. The van der Waals surface area contributed by atoms with E-state index in [9.17, 15) is 13.2 Å². The number of benzene rings is 4. The molecule has 8 heteroatoms. The molecule has 0 spiro atoms. The lowest BCUT2D eigenvalue weighted by atomic mass is 10.0. The van der Waals surface area contributed by atoms with Crippen LogP contribution in [0, 0.1) is 0 Å². The summed E-state index contributed by atoms with van der Waals surface area (Å²) in [5, 5.41) is 5.51. The molecule has 5 rings (SSSR count). The quantitative estimate of drug-likeness (QED) is 0.341. The van der Waals surface area contributed by atoms with Crippen LogP contribution in [0.3, 0.4) is 0 Å². The molecule has 0 fully saturated rings. The van der Waals surface area contributed by atoms with Crippen LogP contribution in [-0.2, 0) is 27.7 Å². The molecule has 0 radical (unpaired) electrons. The van der Waals surface area contributed by atoms with Gasteiger partial charge in [-0.15, -0.1) is 0 Å². The van der Waals surface area contributed by atoms with Gasteiger partial charge in [-0.25, -0.2) is 8.42 Å². The number of carbonyl (C=O) groups excluding carboxylic acids is 1. The van der Waals surface area contributed by atoms with Crippen molar-refractivity contribution >= 4 is 61.3 Å². The van der Waals surface area contributed by atoms with Crippen molar-refractivity contribution in [2.75, 3.05) is 16.2 Å². The molecule has 4 aromatic carbocycles. The monoisotopic (exact) mass is 510 g/mol. The molecule has 0 heterocycles. The molecule has 1 aliphatic rings. The summed E-state index contributed by atoms with van der Waals surface area (Å²) in [4.78, 5) is 13.2. The van der Waals surface area contributed by atoms with E-state index in [1.165, 1.54) is 41.5 Å². The third-order valence-electron chi connectivity index (χ3n) is 5.95. The van der Waals surface area contributed by atoms with Gasteiger partial charge in [0.05, 0.1) is 15.6 Å². The van der Waals surface area contributed by atoms with Crippen LogP contribution in [0.1, 0.15) is 11.1 Å². The normalized spacial score (nSPS) is 12.6. The van der Waals surface area contributed by atoms with E-state index >= 15 is 0 Å². The Kier molecular flexibility index (Phi) is 5.98. The summed E-state index contributed by atoms with van der Waals surface area (Å²) in [6.07, 6.45) is 1.95. The second-order valence-corrected chi connectivity index (χ2v) is 10.8. The molecule has 0 unspecified atom stereocenters. The molecule has 0 aliphatic heterocycles. The molecule has 1 aliphatic carbocycles. The van der Waals surface area contributed by atoms with Crippen LogP contribution in [0.2, 0.25) is 10.0 Å². The van der Waals surface area contributed by atoms with Gasteiger partial charge in [-0.3, -0.25) is 9.10 Å². The fraction of sp³-hybridized carbons (Fsp3) is 0.115. The van der Waals surface area contributed by atoms with Crippen molar-refractivity contribution in [3.05, 3.63) is 100 Å². The summed E-state index contributed by atoms with van der Waals surface area (Å²) in [5.74, 6) is -0.482. The summed E-state index contributed by atoms with van der Waals surface area (Å²) in [7, 11) is -4.08. The van der Waals surface area contributed by atoms with Crippen molar-refractivity contribution in [2.24, 2.45) is 0 Å². The van der Waals surface area contributed by atoms with E-state index < -0.39 is 22.5 Å². The van der Waals surface area contributed by atoms with Crippen LogP contribution < -0.4 is 9.62 Å². The van der Waals surface area contributed by atoms with Crippen LogP contribution in [0.5, 0.6) is 0 Å². The molecule has 0 saturated heterocycles. The molecule has 0 aromatic heterocycles. The van der Waals surface area contributed by atoms with Crippen molar-refractivity contribution in [3.63, 3.8) is 0 Å². The lowest BCUT2D eigenvalue weighted by Crippen LogP contribution is -2.38. The van der Waals surface area contributed by atoms with Gasteiger partial charge in [0.15, 0.2) is 0 Å². The average molecular weight is 511 g/mol. The molecule has 1 amide bonds. The summed E-state index contributed by atoms with van der Waals surface area (Å²) >= 11 is 12.4. The average Bonchev–Trinajstić information content (AvgIpc) is 3.25. The molecule has 172 valence electrons. The fourth-order valence-corrected chi connectivity index (χ4v) is 6.40. The number of rotatable bonds is 6. The second kappa shape index (κ2) is 8.95. The summed E-state index contributed by atoms with van der Waals surface area (Å²) in [6.45, 7) is -0.457. The highest BCUT2D eigenvalue weighted by molar-refractivity contribution is 7.92. The minimum Gasteiger partial charge on any atom is -0.324 e. The number of carbonyl (C=O) groups is 1. The number of hydrogen-bond acceptors (Lipinski definition) is 3. The highest BCUT2D eigenvalue weighted by Gasteiger charge is 2.29. The third kappa shape index (κ3) is 4.13. The van der Waals surface area contributed by atoms with Gasteiger partial charge in [0.2, 0.25) is 5.91 Å². The van der Waals surface area contributed by atoms with Gasteiger partial charge >= 0.3 is 0 Å². The van der Waals surface area contributed by atoms with Crippen molar-refractivity contribution in [1.29, 1.82) is 0 Å². The highest BCUT2D eigenvalue weighted by atomic mass is 35.5. The largest absolute Gasteiger partial charge is 0.324 e. The second-order valence-electron chi connectivity index (χ2n) is 8.08. The Labute approximate surface area is 208 Å². The van der Waals surface area contributed by atoms with Crippen molar-refractivity contribution in [1.82, 2.24) is 0 Å². The first-order valence-corrected chi connectivity index (χ1v) is 12.9. The number of sulfonamides is 1. The number of aryl methyl sites for hydroxylation is 2. The lowest BCUT2D eigenvalue weighted by Gasteiger charge is -2.25. The third-order valence-corrected chi connectivity index (χ3v) is 8.26. The Morgan fingerprint density at radius 3 is 2.35 bits per heavy atom. The Bertz CT molecular complexity index is 1510. The van der Waals surface area contributed by atoms with Gasteiger partial charge in [-0.2, -0.15) is 0 Å². The number of hydrogen-bond donors (Lipinski definition) is 1. The minimum atomic E-state index is -4.08. The zero-order valence-electron chi connectivity index (χ0n) is 18.0. The van der Waals surface area contributed by atoms with Gasteiger partial charge in [0.25, 0.3) is 10.0 Å². The van der Waals surface area contributed by atoms with Crippen molar-refractivity contribution < 1.29 is 13.2 Å². The standard InChI is InChI=1S/C26H20Cl2N2O3S/c27-19-12-14-24(22(28)15-19)30(34(32,33)20-6-2-1-3-7-20)16-25(31)29-23-13-11-18-10-9-17-5-4-8-21(23)26(17)18/h1-8,11-15H,9-10,16H2,(H,29,31). The van der Waals surface area contributed by atoms with E-state index in [1.54, 1.807) is 18.2 Å². The number of nitrogens with one attached hydrogen (secondary N) is 1. The summed E-state index contributed by atoms with van der Waals surface area (Å²) < 4.78 is 28.1. The van der Waals surface area contributed by atoms with E-state index in [4.69, 9.17) is 23.2 Å². The molecule has 0 atom stereocenters. The smallest absolute Gasteiger partial charge is 0.264 e. The maximum atomic E-state index is 13.5. The minimum absolute atomic E-state index is 0.0548. The highest BCUT2D eigenvalue weighted by Crippen LogP contribution is 2.36. The number of anilines is 2. The topological polar surface area (TPSA) is 66.5 Å².